The largest absolute Gasteiger partial charge is 0.481 e. The van der Waals surface area contributed by atoms with Gasteiger partial charge in [-0.2, -0.15) is 0 Å². The van der Waals surface area contributed by atoms with Crippen molar-refractivity contribution in [2.45, 2.75) is 18.5 Å². The Hall–Kier alpha value is -2.95. The van der Waals surface area contributed by atoms with E-state index in [4.69, 9.17) is 5.11 Å². The normalized spacial score (nSPS) is 15.3. The van der Waals surface area contributed by atoms with Gasteiger partial charge in [0.2, 0.25) is 7.37 Å². The Kier molecular flexibility index (Phi) is 6.16. The maximum absolute atomic E-state index is 13.9. The van der Waals surface area contributed by atoms with E-state index in [1.54, 1.807) is 48.5 Å². The third-order valence-corrected chi connectivity index (χ3v) is 7.49. The van der Waals surface area contributed by atoms with E-state index in [2.05, 4.69) is 0 Å². The van der Waals surface area contributed by atoms with Gasteiger partial charge in [0, 0.05) is 11.7 Å². The second-order valence-electron chi connectivity index (χ2n) is 6.85. The van der Waals surface area contributed by atoms with Gasteiger partial charge in [0.15, 0.2) is 0 Å². The molecule has 0 aromatic heterocycles. The standard InChI is InChI=1S/C22H21O6P/c23-20(24)14-13-18(22(25)26)21(16-8-2-1-3-9-16)29(27,28)19-12-6-10-15-7-4-5-11-17(15)19/h1-12,18,21H,13-14H2,(H,23,24)(H,25,26)(H,27,28). The van der Waals surface area contributed by atoms with Gasteiger partial charge in [0.1, 0.15) is 0 Å². The molecule has 3 aromatic rings. The van der Waals surface area contributed by atoms with Gasteiger partial charge < -0.3 is 15.1 Å². The fraction of sp³-hybridized carbons (Fsp3) is 0.182. The third-order valence-electron chi connectivity index (χ3n) is 5.00. The van der Waals surface area contributed by atoms with Crippen molar-refractivity contribution in [2.75, 3.05) is 0 Å². The van der Waals surface area contributed by atoms with Crippen LogP contribution in [0.5, 0.6) is 0 Å². The van der Waals surface area contributed by atoms with E-state index in [1.165, 1.54) is 6.07 Å². The molecule has 0 spiro atoms. The fourth-order valence-electron chi connectivity index (χ4n) is 3.66. The summed E-state index contributed by atoms with van der Waals surface area (Å²) in [5.41, 5.74) is -0.879. The lowest BCUT2D eigenvalue weighted by molar-refractivity contribution is -0.143. The van der Waals surface area contributed by atoms with Crippen LogP contribution >= 0.6 is 7.37 Å². The highest BCUT2D eigenvalue weighted by Crippen LogP contribution is 2.59. The minimum atomic E-state index is -4.27. The maximum atomic E-state index is 13.9. The first kappa shape index (κ1) is 20.8. The molecule has 0 fully saturated rings. The zero-order valence-electron chi connectivity index (χ0n) is 15.5. The van der Waals surface area contributed by atoms with Crippen LogP contribution in [0.4, 0.5) is 0 Å². The molecule has 3 atom stereocenters. The van der Waals surface area contributed by atoms with Crippen molar-refractivity contribution >= 4 is 35.4 Å². The Morgan fingerprint density at radius 3 is 2.14 bits per heavy atom. The molecule has 29 heavy (non-hydrogen) atoms. The Bertz CT molecular complexity index is 1070. The highest BCUT2D eigenvalue weighted by molar-refractivity contribution is 7.67. The number of hydrogen-bond acceptors (Lipinski definition) is 3. The molecule has 0 bridgehead atoms. The summed E-state index contributed by atoms with van der Waals surface area (Å²) in [6, 6.07) is 20.4. The predicted octanol–water partition coefficient (Wildman–Crippen LogP) is 4.04. The van der Waals surface area contributed by atoms with Crippen molar-refractivity contribution in [3.8, 4) is 0 Å². The third kappa shape index (κ3) is 4.39. The number of aliphatic carboxylic acids is 2. The molecule has 0 aliphatic heterocycles. The molecule has 0 saturated carbocycles. The highest BCUT2D eigenvalue weighted by atomic mass is 31.2. The van der Waals surface area contributed by atoms with Crippen LogP contribution in [0.2, 0.25) is 0 Å². The summed E-state index contributed by atoms with van der Waals surface area (Å²) in [6.45, 7) is 0. The summed E-state index contributed by atoms with van der Waals surface area (Å²) < 4.78 is 13.9. The van der Waals surface area contributed by atoms with Crippen LogP contribution in [-0.2, 0) is 14.2 Å². The molecule has 3 rings (SSSR count). The maximum Gasteiger partial charge on any atom is 0.307 e. The van der Waals surface area contributed by atoms with E-state index in [0.717, 1.165) is 5.39 Å². The second kappa shape index (κ2) is 8.60. The molecule has 3 aromatic carbocycles. The van der Waals surface area contributed by atoms with Gasteiger partial charge >= 0.3 is 11.9 Å². The zero-order valence-corrected chi connectivity index (χ0v) is 16.4. The minimum absolute atomic E-state index is 0.172. The lowest BCUT2D eigenvalue weighted by Gasteiger charge is -2.29. The lowest BCUT2D eigenvalue weighted by atomic mass is 9.94. The summed E-state index contributed by atoms with van der Waals surface area (Å²) >= 11 is 0. The SMILES string of the molecule is O=C(O)CCC(C(=O)O)C(c1ccccc1)P(=O)(O)c1cccc2ccccc12. The minimum Gasteiger partial charge on any atom is -0.481 e. The molecule has 3 unspecified atom stereocenters. The Morgan fingerprint density at radius 2 is 1.48 bits per heavy atom. The Morgan fingerprint density at radius 1 is 0.862 bits per heavy atom. The van der Waals surface area contributed by atoms with E-state index in [0.29, 0.717) is 10.9 Å². The van der Waals surface area contributed by atoms with E-state index >= 15 is 0 Å². The number of carboxylic acids is 2. The first-order chi connectivity index (χ1) is 13.8. The van der Waals surface area contributed by atoms with Crippen LogP contribution in [0, 0.1) is 5.92 Å². The highest BCUT2D eigenvalue weighted by Gasteiger charge is 2.44. The van der Waals surface area contributed by atoms with Crippen LogP contribution in [0.1, 0.15) is 24.1 Å². The van der Waals surface area contributed by atoms with Crippen LogP contribution in [0.3, 0.4) is 0 Å². The molecule has 0 amide bonds. The van der Waals surface area contributed by atoms with Gasteiger partial charge in [-0.1, -0.05) is 66.7 Å². The summed E-state index contributed by atoms with van der Waals surface area (Å²) in [4.78, 5) is 34.4. The van der Waals surface area contributed by atoms with Gasteiger partial charge in [-0.3, -0.25) is 14.2 Å². The van der Waals surface area contributed by atoms with Crippen LogP contribution < -0.4 is 5.30 Å². The summed E-state index contributed by atoms with van der Waals surface area (Å²) in [5, 5.41) is 20.4. The van der Waals surface area contributed by atoms with Gasteiger partial charge in [0.05, 0.1) is 11.6 Å². The van der Waals surface area contributed by atoms with Crippen molar-refractivity contribution < 1.29 is 29.3 Å². The Balaban J connectivity index is 2.20. The number of hydrogen-bond donors (Lipinski definition) is 3. The van der Waals surface area contributed by atoms with Crippen molar-refractivity contribution in [3.05, 3.63) is 78.4 Å². The molecule has 0 aliphatic rings. The number of rotatable bonds is 8. The van der Waals surface area contributed by atoms with Crippen molar-refractivity contribution in [1.82, 2.24) is 0 Å². The molecular weight excluding hydrogens is 391 g/mol. The van der Waals surface area contributed by atoms with Crippen LogP contribution in [-0.4, -0.2) is 27.0 Å². The molecule has 0 radical (unpaired) electrons. The summed E-state index contributed by atoms with van der Waals surface area (Å²) in [5.74, 6) is -3.78. The van der Waals surface area contributed by atoms with E-state index in [9.17, 15) is 24.2 Å². The Labute approximate surface area is 167 Å². The van der Waals surface area contributed by atoms with Crippen molar-refractivity contribution in [1.29, 1.82) is 0 Å². The second-order valence-corrected chi connectivity index (χ2v) is 9.14. The number of fused-ring (bicyclic) bond motifs is 1. The van der Waals surface area contributed by atoms with Gasteiger partial charge in [-0.25, -0.2) is 0 Å². The summed E-state index contributed by atoms with van der Waals surface area (Å²) in [7, 11) is -4.27. The molecule has 7 heteroatoms. The van der Waals surface area contributed by atoms with Gasteiger partial charge in [0.25, 0.3) is 0 Å². The monoisotopic (exact) mass is 412 g/mol. The zero-order chi connectivity index (χ0) is 21.0. The smallest absolute Gasteiger partial charge is 0.307 e. The number of benzene rings is 3. The first-order valence-electron chi connectivity index (χ1n) is 9.12. The molecule has 6 nitrogen and oxygen atoms in total. The fourth-order valence-corrected chi connectivity index (χ4v) is 6.15. The van der Waals surface area contributed by atoms with E-state index in [1.807, 2.05) is 18.2 Å². The molecule has 0 aliphatic carbocycles. The van der Waals surface area contributed by atoms with Gasteiger partial charge in [-0.15, -0.1) is 0 Å². The lowest BCUT2D eigenvalue weighted by Crippen LogP contribution is -2.26. The molecule has 3 N–H and O–H groups in total. The molecule has 150 valence electrons. The number of carbonyl (C=O) groups is 2. The van der Waals surface area contributed by atoms with Gasteiger partial charge in [-0.05, 0) is 28.8 Å². The van der Waals surface area contributed by atoms with Crippen molar-refractivity contribution in [3.63, 3.8) is 0 Å². The summed E-state index contributed by atoms with van der Waals surface area (Å²) in [6.07, 6.45) is -0.657. The topological polar surface area (TPSA) is 112 Å². The molecule has 0 heterocycles. The van der Waals surface area contributed by atoms with Crippen LogP contribution in [0.25, 0.3) is 10.8 Å². The molecular formula is C22H21O6P. The predicted molar refractivity (Wildman–Crippen MR) is 111 cm³/mol. The average molecular weight is 412 g/mol. The quantitative estimate of drug-likeness (QED) is 0.482. The van der Waals surface area contributed by atoms with E-state index < -0.39 is 37.3 Å². The van der Waals surface area contributed by atoms with Crippen molar-refractivity contribution in [2.24, 2.45) is 5.92 Å². The van der Waals surface area contributed by atoms with Crippen LogP contribution in [0.15, 0.2) is 72.8 Å². The average Bonchev–Trinajstić information content (AvgIpc) is 2.70. The van der Waals surface area contributed by atoms with E-state index in [-0.39, 0.29) is 11.7 Å². The molecule has 0 saturated heterocycles. The first-order valence-corrected chi connectivity index (χ1v) is 10.9. The number of carboxylic acid groups (broad SMARTS) is 2.